The third-order valence-electron chi connectivity index (χ3n) is 3.40. The maximum atomic E-state index is 12.0. The van der Waals surface area contributed by atoms with Gasteiger partial charge < -0.3 is 9.73 Å². The van der Waals surface area contributed by atoms with E-state index < -0.39 is 0 Å². The van der Waals surface area contributed by atoms with E-state index in [1.54, 1.807) is 36.4 Å². The summed E-state index contributed by atoms with van der Waals surface area (Å²) >= 11 is 11.0. The van der Waals surface area contributed by atoms with Gasteiger partial charge >= 0.3 is 0 Å². The number of amides is 1. The van der Waals surface area contributed by atoms with E-state index in [0.29, 0.717) is 16.5 Å². The van der Waals surface area contributed by atoms with Gasteiger partial charge in [0.25, 0.3) is 0 Å². The number of thiocarbonyl (C=S) groups is 1. The van der Waals surface area contributed by atoms with E-state index in [1.807, 2.05) is 36.4 Å². The number of hydrogen-bond acceptors (Lipinski definition) is 3. The maximum Gasteiger partial charge on any atom is 0.250 e. The number of hydrogen-bond donors (Lipinski definition) is 2. The number of halogens is 1. The van der Waals surface area contributed by atoms with E-state index in [2.05, 4.69) is 10.6 Å². The van der Waals surface area contributed by atoms with Crippen molar-refractivity contribution < 1.29 is 9.21 Å². The van der Waals surface area contributed by atoms with E-state index >= 15 is 0 Å². The average molecular weight is 383 g/mol. The summed E-state index contributed by atoms with van der Waals surface area (Å²) < 4.78 is 5.70. The summed E-state index contributed by atoms with van der Waals surface area (Å²) in [6, 6.07) is 20.4. The summed E-state index contributed by atoms with van der Waals surface area (Å²) in [6.07, 6.45) is 2.95. The Morgan fingerprint density at radius 1 is 1.04 bits per heavy atom. The van der Waals surface area contributed by atoms with Gasteiger partial charge in [-0.2, -0.15) is 0 Å². The van der Waals surface area contributed by atoms with Gasteiger partial charge in [0.05, 0.1) is 0 Å². The molecule has 6 heteroatoms. The van der Waals surface area contributed by atoms with E-state index in [4.69, 9.17) is 28.2 Å². The summed E-state index contributed by atoms with van der Waals surface area (Å²) in [5, 5.41) is 6.23. The normalized spacial score (nSPS) is 10.7. The van der Waals surface area contributed by atoms with E-state index in [9.17, 15) is 4.79 Å². The molecule has 0 aliphatic heterocycles. The molecular formula is C20H15ClN2O2S. The van der Waals surface area contributed by atoms with Crippen molar-refractivity contribution in [1.82, 2.24) is 5.32 Å². The Bertz CT molecular complexity index is 951. The molecule has 0 saturated heterocycles. The molecule has 0 spiro atoms. The van der Waals surface area contributed by atoms with Crippen LogP contribution in [0.15, 0.2) is 77.2 Å². The molecule has 130 valence electrons. The maximum absolute atomic E-state index is 12.0. The topological polar surface area (TPSA) is 54.3 Å². The molecule has 1 amide bonds. The molecule has 3 aromatic rings. The summed E-state index contributed by atoms with van der Waals surface area (Å²) in [5.74, 6) is 0.957. The third kappa shape index (κ3) is 5.05. The Balaban J connectivity index is 1.56. The van der Waals surface area contributed by atoms with Gasteiger partial charge in [-0.3, -0.25) is 10.1 Å². The first-order valence-electron chi connectivity index (χ1n) is 7.81. The number of rotatable bonds is 4. The van der Waals surface area contributed by atoms with Crippen LogP contribution in [-0.4, -0.2) is 11.0 Å². The highest BCUT2D eigenvalue weighted by Crippen LogP contribution is 2.22. The van der Waals surface area contributed by atoms with E-state index in [1.165, 1.54) is 6.08 Å². The van der Waals surface area contributed by atoms with Crippen LogP contribution in [0, 0.1) is 0 Å². The zero-order chi connectivity index (χ0) is 18.4. The second-order valence-electron chi connectivity index (χ2n) is 5.36. The van der Waals surface area contributed by atoms with Crippen LogP contribution in [0.4, 0.5) is 5.69 Å². The number of anilines is 1. The second kappa shape index (κ2) is 8.47. The van der Waals surface area contributed by atoms with Crippen molar-refractivity contribution in [2.45, 2.75) is 0 Å². The van der Waals surface area contributed by atoms with Gasteiger partial charge in [0.1, 0.15) is 11.5 Å². The fourth-order valence-corrected chi connectivity index (χ4v) is 2.65. The van der Waals surface area contributed by atoms with Gasteiger partial charge in [-0.15, -0.1) is 0 Å². The largest absolute Gasteiger partial charge is 0.457 e. The summed E-state index contributed by atoms with van der Waals surface area (Å²) in [6.45, 7) is 0. The molecule has 2 N–H and O–H groups in total. The van der Waals surface area contributed by atoms with Crippen molar-refractivity contribution in [2.24, 2.45) is 0 Å². The minimum absolute atomic E-state index is 0.186. The van der Waals surface area contributed by atoms with Crippen molar-refractivity contribution in [2.75, 3.05) is 5.32 Å². The zero-order valence-corrected chi connectivity index (χ0v) is 15.2. The molecule has 0 aliphatic carbocycles. The molecule has 3 rings (SSSR count). The van der Waals surface area contributed by atoms with Crippen LogP contribution in [0.3, 0.4) is 0 Å². The highest BCUT2D eigenvalue weighted by molar-refractivity contribution is 7.80. The molecule has 1 aromatic heterocycles. The Kier molecular flexibility index (Phi) is 5.84. The number of furan rings is 1. The molecule has 2 aromatic carbocycles. The smallest absolute Gasteiger partial charge is 0.250 e. The molecule has 1 heterocycles. The highest BCUT2D eigenvalue weighted by Gasteiger charge is 2.04. The lowest BCUT2D eigenvalue weighted by Gasteiger charge is -2.08. The van der Waals surface area contributed by atoms with Gasteiger partial charge in [-0.25, -0.2) is 0 Å². The minimum atomic E-state index is -0.359. The van der Waals surface area contributed by atoms with Crippen molar-refractivity contribution in [3.8, 4) is 11.3 Å². The quantitative estimate of drug-likeness (QED) is 0.485. The van der Waals surface area contributed by atoms with E-state index in [0.717, 1.165) is 11.3 Å². The molecule has 0 fully saturated rings. The number of carbonyl (C=O) groups is 1. The average Bonchev–Trinajstić information content (AvgIpc) is 3.10. The third-order valence-corrected chi connectivity index (χ3v) is 3.84. The molecule has 0 unspecified atom stereocenters. The van der Waals surface area contributed by atoms with Crippen LogP contribution in [0.25, 0.3) is 17.4 Å². The predicted molar refractivity (Wildman–Crippen MR) is 109 cm³/mol. The lowest BCUT2D eigenvalue weighted by Crippen LogP contribution is -2.32. The Hall–Kier alpha value is -2.89. The summed E-state index contributed by atoms with van der Waals surface area (Å²) in [5.41, 5.74) is 1.67. The molecule has 4 nitrogen and oxygen atoms in total. The zero-order valence-electron chi connectivity index (χ0n) is 13.6. The van der Waals surface area contributed by atoms with Crippen LogP contribution in [-0.2, 0) is 4.79 Å². The molecule has 0 atom stereocenters. The second-order valence-corrected chi connectivity index (χ2v) is 6.20. The Morgan fingerprint density at radius 3 is 2.62 bits per heavy atom. The van der Waals surface area contributed by atoms with Crippen LogP contribution in [0.2, 0.25) is 5.02 Å². The molecule has 26 heavy (non-hydrogen) atoms. The first-order valence-corrected chi connectivity index (χ1v) is 8.60. The molecule has 0 bridgehead atoms. The highest BCUT2D eigenvalue weighted by atomic mass is 35.5. The van der Waals surface area contributed by atoms with Crippen molar-refractivity contribution in [3.63, 3.8) is 0 Å². The molecule has 0 saturated carbocycles. The SMILES string of the molecule is O=C(/C=C/c1ccc(-c2ccccc2)o1)NC(=S)Nc1cccc(Cl)c1. The predicted octanol–water partition coefficient (Wildman–Crippen LogP) is 5.13. The summed E-state index contributed by atoms with van der Waals surface area (Å²) in [4.78, 5) is 12.0. The van der Waals surface area contributed by atoms with Gasteiger partial charge in [0.2, 0.25) is 5.91 Å². The van der Waals surface area contributed by atoms with Crippen molar-refractivity contribution >= 4 is 46.6 Å². The molecule has 0 aliphatic rings. The van der Waals surface area contributed by atoms with Gasteiger partial charge in [-0.05, 0) is 48.6 Å². The summed E-state index contributed by atoms with van der Waals surface area (Å²) in [7, 11) is 0. The van der Waals surface area contributed by atoms with E-state index in [-0.39, 0.29) is 11.0 Å². The number of carbonyl (C=O) groups excluding carboxylic acids is 1. The van der Waals surface area contributed by atoms with Gasteiger partial charge in [-0.1, -0.05) is 48.0 Å². The van der Waals surface area contributed by atoms with Crippen LogP contribution >= 0.6 is 23.8 Å². The number of benzene rings is 2. The minimum Gasteiger partial charge on any atom is -0.457 e. The van der Waals surface area contributed by atoms with Crippen LogP contribution in [0.1, 0.15) is 5.76 Å². The standard InChI is InChI=1S/C20H15ClN2O2S/c21-15-7-4-8-16(13-15)22-20(26)23-19(24)12-10-17-9-11-18(25-17)14-5-2-1-3-6-14/h1-13H,(H2,22,23,24,26)/b12-10+. The van der Waals surface area contributed by atoms with Gasteiger partial charge in [0.15, 0.2) is 5.11 Å². The first kappa shape index (κ1) is 17.9. The van der Waals surface area contributed by atoms with Crippen LogP contribution in [0.5, 0.6) is 0 Å². The lowest BCUT2D eigenvalue weighted by atomic mass is 10.2. The Labute approximate surface area is 161 Å². The fraction of sp³-hybridized carbons (Fsp3) is 0. The van der Waals surface area contributed by atoms with Gasteiger partial charge in [0, 0.05) is 22.3 Å². The van der Waals surface area contributed by atoms with Crippen molar-refractivity contribution in [3.05, 3.63) is 83.6 Å². The Morgan fingerprint density at radius 2 is 1.85 bits per heavy atom. The molecular weight excluding hydrogens is 368 g/mol. The monoisotopic (exact) mass is 382 g/mol. The van der Waals surface area contributed by atoms with Crippen molar-refractivity contribution in [1.29, 1.82) is 0 Å². The molecule has 0 radical (unpaired) electrons. The fourth-order valence-electron chi connectivity index (χ4n) is 2.24. The lowest BCUT2D eigenvalue weighted by molar-refractivity contribution is -0.115. The van der Waals surface area contributed by atoms with Crippen LogP contribution < -0.4 is 10.6 Å². The first-order chi connectivity index (χ1) is 12.6. The number of nitrogens with one attached hydrogen (secondary N) is 2.